The first-order valence-electron chi connectivity index (χ1n) is 19.7. The summed E-state index contributed by atoms with van der Waals surface area (Å²) in [5.74, 6) is 1.02. The van der Waals surface area contributed by atoms with Crippen LogP contribution in [0.5, 0.6) is 5.75 Å². The van der Waals surface area contributed by atoms with Gasteiger partial charge in [0.05, 0.1) is 100 Å². The summed E-state index contributed by atoms with van der Waals surface area (Å²) in [5, 5.41) is 24.8. The average molecular weight is 824 g/mol. The molecule has 2 aliphatic rings. The van der Waals surface area contributed by atoms with E-state index in [-0.39, 0.29) is 48.8 Å². The number of hydrogen-bond acceptors (Lipinski definition) is 14. The van der Waals surface area contributed by atoms with Crippen molar-refractivity contribution in [1.29, 1.82) is 5.26 Å². The zero-order chi connectivity index (χ0) is 42.3. The summed E-state index contributed by atoms with van der Waals surface area (Å²) in [6.45, 7) is 5.48. The van der Waals surface area contributed by atoms with E-state index in [0.717, 1.165) is 11.1 Å². The van der Waals surface area contributed by atoms with Crippen LogP contribution in [0.4, 0.5) is 0 Å². The highest BCUT2D eigenvalue weighted by atomic mass is 16.6. The first-order chi connectivity index (χ1) is 29.4. The standard InChI is InChI=1S/C42H49N9O9/c1-3-16-57-18-20-59-22-23-60-21-19-58-17-15-48-13-14-50(27-32(48)28-52)42(55)39-46-29-51(47-39)40-37-36(35(56-2)26-45-40)34(25-44-37)38(53)41(54)49-11-9-31(10-12-49)33(24-43)30-7-5-4-6-8-30/h1,4-8,25-26,29,32,44,52H,9-23,27-28H2,2H3. The number of H-pyrrole nitrogens is 1. The Kier molecular flexibility index (Phi) is 15.9. The van der Waals surface area contributed by atoms with Crippen LogP contribution in [0.15, 0.2) is 54.6 Å². The number of ketones is 1. The zero-order valence-corrected chi connectivity index (χ0v) is 33.6. The van der Waals surface area contributed by atoms with Gasteiger partial charge < -0.3 is 43.6 Å². The number of ether oxygens (including phenoxy) is 5. The molecular formula is C42H49N9O9. The van der Waals surface area contributed by atoms with E-state index >= 15 is 0 Å². The van der Waals surface area contributed by atoms with Gasteiger partial charge >= 0.3 is 0 Å². The molecule has 2 fully saturated rings. The van der Waals surface area contributed by atoms with Crippen molar-refractivity contribution >= 4 is 34.1 Å². The van der Waals surface area contributed by atoms with E-state index in [1.165, 1.54) is 35.4 Å². The minimum absolute atomic E-state index is 0.0692. The molecule has 2 saturated heterocycles. The fraction of sp³-hybridized carbons (Fsp3) is 0.452. The Hall–Kier alpha value is -5.99. The van der Waals surface area contributed by atoms with Crippen molar-refractivity contribution in [3.63, 3.8) is 0 Å². The fourth-order valence-corrected chi connectivity index (χ4v) is 7.18. The van der Waals surface area contributed by atoms with Gasteiger partial charge in [-0.15, -0.1) is 11.5 Å². The van der Waals surface area contributed by atoms with Crippen LogP contribution in [0.25, 0.3) is 22.3 Å². The van der Waals surface area contributed by atoms with E-state index in [9.17, 15) is 24.8 Å². The van der Waals surface area contributed by atoms with Crippen molar-refractivity contribution in [1.82, 2.24) is 39.4 Å². The Morgan fingerprint density at radius 2 is 1.63 bits per heavy atom. The lowest BCUT2D eigenvalue weighted by Gasteiger charge is -2.40. The van der Waals surface area contributed by atoms with Gasteiger partial charge in [-0.2, -0.15) is 9.94 Å². The van der Waals surface area contributed by atoms with E-state index in [1.807, 2.05) is 30.3 Å². The van der Waals surface area contributed by atoms with Gasteiger partial charge in [-0.05, 0) is 24.0 Å². The van der Waals surface area contributed by atoms with Crippen molar-refractivity contribution in [3.05, 3.63) is 71.6 Å². The second kappa shape index (κ2) is 21.9. The van der Waals surface area contributed by atoms with Crippen LogP contribution in [-0.4, -0.2) is 174 Å². The van der Waals surface area contributed by atoms with Crippen LogP contribution in [0.2, 0.25) is 0 Å². The highest BCUT2D eigenvalue weighted by molar-refractivity contribution is 6.45. The van der Waals surface area contributed by atoms with Gasteiger partial charge in [-0.25, -0.2) is 9.97 Å². The molecule has 18 heteroatoms. The number of aromatic amines is 1. The number of allylic oxidation sites excluding steroid dienone is 1. The highest BCUT2D eigenvalue weighted by Gasteiger charge is 2.33. The number of piperidine rings is 1. The Bertz CT molecular complexity index is 2200. The Morgan fingerprint density at radius 3 is 2.30 bits per heavy atom. The lowest BCUT2D eigenvalue weighted by molar-refractivity contribution is -0.126. The number of amides is 2. The number of piperazine rings is 1. The number of hydrogen-bond donors (Lipinski definition) is 2. The fourth-order valence-electron chi connectivity index (χ4n) is 7.18. The quantitative estimate of drug-likeness (QED) is 0.0428. The predicted octanol–water partition coefficient (Wildman–Crippen LogP) is 1.75. The van der Waals surface area contributed by atoms with E-state index < -0.39 is 17.6 Å². The molecule has 2 aliphatic heterocycles. The van der Waals surface area contributed by atoms with Crippen molar-refractivity contribution in [2.75, 3.05) is 106 Å². The van der Waals surface area contributed by atoms with Gasteiger partial charge in [-0.3, -0.25) is 19.3 Å². The molecule has 0 saturated carbocycles. The predicted molar refractivity (Wildman–Crippen MR) is 217 cm³/mol. The maximum absolute atomic E-state index is 13.8. The molecule has 6 rings (SSSR count). The van der Waals surface area contributed by atoms with E-state index in [4.69, 9.17) is 30.1 Å². The van der Waals surface area contributed by atoms with Crippen LogP contribution in [0, 0.1) is 23.7 Å². The monoisotopic (exact) mass is 823 g/mol. The maximum Gasteiger partial charge on any atom is 0.295 e. The van der Waals surface area contributed by atoms with E-state index in [1.54, 1.807) is 4.90 Å². The molecule has 2 N–H and O–H groups in total. The number of aliphatic hydroxyl groups is 1. The van der Waals surface area contributed by atoms with Crippen molar-refractivity contribution in [2.24, 2.45) is 0 Å². The summed E-state index contributed by atoms with van der Waals surface area (Å²) in [5.41, 5.74) is 2.83. The lowest BCUT2D eigenvalue weighted by atomic mass is 9.93. The second-order valence-corrected chi connectivity index (χ2v) is 13.9. The number of terminal acetylenes is 1. The number of nitrogens with one attached hydrogen (secondary N) is 1. The lowest BCUT2D eigenvalue weighted by Crippen LogP contribution is -2.56. The minimum atomic E-state index is -0.725. The van der Waals surface area contributed by atoms with Gasteiger partial charge in [0.15, 0.2) is 5.82 Å². The number of fused-ring (bicyclic) bond motifs is 1. The molecule has 18 nitrogen and oxygen atoms in total. The SMILES string of the molecule is C#CCOCCOCCOCCOCCN1CCN(C(=O)c2ncn(-c3ncc(OC)c4c(C(=O)C(=O)N5CCC(=C(C#N)c6ccccc6)CC5)c[nH]c34)n2)CC1CO. The number of rotatable bonds is 20. The van der Waals surface area contributed by atoms with Crippen LogP contribution in [0.1, 0.15) is 39.4 Å². The Labute approximate surface area is 347 Å². The number of aromatic nitrogens is 5. The van der Waals surface area contributed by atoms with Gasteiger partial charge in [0.1, 0.15) is 18.7 Å². The number of aliphatic hydroxyl groups excluding tert-OH is 1. The number of nitrogens with zero attached hydrogens (tertiary/aromatic N) is 8. The molecule has 60 heavy (non-hydrogen) atoms. The molecule has 316 valence electrons. The van der Waals surface area contributed by atoms with E-state index in [2.05, 4.69) is 36.9 Å². The molecule has 2 amide bonds. The second-order valence-electron chi connectivity index (χ2n) is 13.9. The summed E-state index contributed by atoms with van der Waals surface area (Å²) < 4.78 is 28.7. The van der Waals surface area contributed by atoms with Gasteiger partial charge in [0, 0.05) is 45.5 Å². The minimum Gasteiger partial charge on any atom is -0.494 e. The smallest absolute Gasteiger partial charge is 0.295 e. The highest BCUT2D eigenvalue weighted by Crippen LogP contribution is 2.33. The van der Waals surface area contributed by atoms with Crippen molar-refractivity contribution < 1.29 is 43.2 Å². The number of nitriles is 1. The van der Waals surface area contributed by atoms with Crippen LogP contribution < -0.4 is 4.74 Å². The maximum atomic E-state index is 13.8. The Balaban J connectivity index is 1.02. The Morgan fingerprint density at radius 1 is 0.933 bits per heavy atom. The summed E-state index contributed by atoms with van der Waals surface area (Å²) >= 11 is 0. The first kappa shape index (κ1) is 43.6. The summed E-state index contributed by atoms with van der Waals surface area (Å²) in [7, 11) is 1.44. The molecule has 1 unspecified atom stereocenters. The summed E-state index contributed by atoms with van der Waals surface area (Å²) in [6.07, 6.45) is 10.3. The zero-order valence-electron chi connectivity index (χ0n) is 33.6. The van der Waals surface area contributed by atoms with Crippen molar-refractivity contribution in [2.45, 2.75) is 18.9 Å². The third kappa shape index (κ3) is 10.6. The first-order valence-corrected chi connectivity index (χ1v) is 19.7. The van der Waals surface area contributed by atoms with Crippen LogP contribution in [0.3, 0.4) is 0 Å². The number of carbonyl (C=O) groups excluding carboxylic acids is 3. The number of pyridine rings is 1. The molecule has 5 heterocycles. The van der Waals surface area contributed by atoms with Gasteiger partial charge in [-0.1, -0.05) is 36.3 Å². The molecule has 0 aliphatic carbocycles. The molecular weight excluding hydrogens is 775 g/mol. The number of Topliss-reactive ketones (excluding diaryl/α,β-unsaturated/α-hetero) is 1. The largest absolute Gasteiger partial charge is 0.494 e. The number of benzene rings is 1. The van der Waals surface area contributed by atoms with Crippen LogP contribution in [-0.2, 0) is 23.7 Å². The van der Waals surface area contributed by atoms with Crippen molar-refractivity contribution in [3.8, 4) is 30.0 Å². The normalized spacial score (nSPS) is 15.8. The topological polar surface area (TPSA) is 210 Å². The average Bonchev–Trinajstić information content (AvgIpc) is 3.97. The number of likely N-dealkylation sites (tertiary alicyclic amines) is 1. The summed E-state index contributed by atoms with van der Waals surface area (Å²) in [6, 6.07) is 11.4. The number of carbonyl (C=O) groups is 3. The van der Waals surface area contributed by atoms with Gasteiger partial charge in [0.25, 0.3) is 17.6 Å². The third-order valence-electron chi connectivity index (χ3n) is 10.3. The molecule has 0 radical (unpaired) electrons. The number of methoxy groups -OCH3 is 1. The van der Waals surface area contributed by atoms with Crippen LogP contribution >= 0.6 is 0 Å². The van der Waals surface area contributed by atoms with Gasteiger partial charge in [0.2, 0.25) is 5.82 Å². The molecule has 4 aromatic rings. The third-order valence-corrected chi connectivity index (χ3v) is 10.3. The summed E-state index contributed by atoms with van der Waals surface area (Å²) in [4.78, 5) is 57.9. The molecule has 1 atom stereocenters. The molecule has 0 spiro atoms. The van der Waals surface area contributed by atoms with E-state index in [0.29, 0.717) is 108 Å². The molecule has 0 bridgehead atoms. The molecule has 1 aromatic carbocycles. The molecule has 3 aromatic heterocycles.